The van der Waals surface area contributed by atoms with Crippen molar-refractivity contribution in [3.05, 3.63) is 91.9 Å². The van der Waals surface area contributed by atoms with Gasteiger partial charge in [0.1, 0.15) is 29.0 Å². The van der Waals surface area contributed by atoms with Crippen molar-refractivity contribution in [2.75, 3.05) is 0 Å². The molecule has 0 fully saturated rings. The van der Waals surface area contributed by atoms with E-state index in [0.29, 0.717) is 16.9 Å². The Hall–Kier alpha value is -2.70. The van der Waals surface area contributed by atoms with E-state index in [1.54, 1.807) is 25.1 Å². The molecular weight excluding hydrogens is 388 g/mol. The summed E-state index contributed by atoms with van der Waals surface area (Å²) in [5, 5.41) is 9.22. The van der Waals surface area contributed by atoms with E-state index in [-0.39, 0.29) is 29.5 Å². The lowest BCUT2D eigenvalue weighted by atomic mass is 10.1. The molecule has 0 saturated carbocycles. The van der Waals surface area contributed by atoms with Crippen LogP contribution in [0.2, 0.25) is 5.02 Å². The maximum atomic E-state index is 13.8. The van der Waals surface area contributed by atoms with Crippen molar-refractivity contribution in [2.45, 2.75) is 27.1 Å². The van der Waals surface area contributed by atoms with Crippen LogP contribution in [-0.2, 0) is 13.2 Å². The second-order valence-electron chi connectivity index (χ2n) is 6.41. The zero-order valence-electron chi connectivity index (χ0n) is 15.3. The average molecular weight is 406 g/mol. The topological polar surface area (TPSA) is 51.5 Å². The number of aryl methyl sites for hydroxylation is 2. The maximum Gasteiger partial charge on any atom is 0.277 e. The van der Waals surface area contributed by atoms with Crippen LogP contribution in [0.5, 0.6) is 5.75 Å². The summed E-state index contributed by atoms with van der Waals surface area (Å²) in [6.07, 6.45) is 0. The monoisotopic (exact) mass is 405 g/mol. The van der Waals surface area contributed by atoms with Crippen LogP contribution in [0.25, 0.3) is 5.69 Å². The summed E-state index contributed by atoms with van der Waals surface area (Å²) < 4.78 is 33.7. The van der Waals surface area contributed by atoms with Crippen molar-refractivity contribution >= 4 is 11.6 Å². The van der Waals surface area contributed by atoms with E-state index >= 15 is 0 Å². The molecule has 1 aromatic heterocycles. The first-order valence-corrected chi connectivity index (χ1v) is 8.89. The lowest BCUT2D eigenvalue weighted by Gasteiger charge is -2.17. The molecule has 0 unspecified atom stereocenters. The second-order valence-corrected chi connectivity index (χ2v) is 6.79. The second kappa shape index (κ2) is 8.12. The summed E-state index contributed by atoms with van der Waals surface area (Å²) in [7, 11) is 0. The van der Waals surface area contributed by atoms with Gasteiger partial charge in [0.05, 0.1) is 12.3 Å². The van der Waals surface area contributed by atoms with Gasteiger partial charge in [0.15, 0.2) is 0 Å². The molecular formula is C21H18ClF2NO3. The van der Waals surface area contributed by atoms with Crippen molar-refractivity contribution in [1.82, 2.24) is 4.57 Å². The number of aliphatic hydroxyl groups is 1. The highest BCUT2D eigenvalue weighted by atomic mass is 35.5. The summed E-state index contributed by atoms with van der Waals surface area (Å²) in [6.45, 7) is 3.21. The van der Waals surface area contributed by atoms with Crippen LogP contribution in [0, 0.1) is 25.5 Å². The number of halogens is 3. The summed E-state index contributed by atoms with van der Waals surface area (Å²) >= 11 is 6.22. The fourth-order valence-electron chi connectivity index (χ4n) is 2.87. The number of pyridine rings is 1. The Morgan fingerprint density at radius 2 is 1.86 bits per heavy atom. The van der Waals surface area contributed by atoms with Crippen LogP contribution < -0.4 is 10.3 Å². The number of aliphatic hydroxyl groups excluding tert-OH is 1. The van der Waals surface area contributed by atoms with Gasteiger partial charge in [0.25, 0.3) is 5.56 Å². The van der Waals surface area contributed by atoms with E-state index in [4.69, 9.17) is 16.3 Å². The SMILES string of the molecule is Cc1ccc(CO)cc1-n1c(C)cc(OCc2ccc(F)cc2F)c(Cl)c1=O. The van der Waals surface area contributed by atoms with Gasteiger partial charge in [0, 0.05) is 23.4 Å². The third kappa shape index (κ3) is 3.93. The minimum absolute atomic E-state index is 0.111. The van der Waals surface area contributed by atoms with E-state index in [1.807, 2.05) is 13.0 Å². The molecule has 0 saturated heterocycles. The summed E-state index contributed by atoms with van der Waals surface area (Å²) in [6, 6.07) is 10.0. The molecule has 0 amide bonds. The van der Waals surface area contributed by atoms with E-state index < -0.39 is 17.2 Å². The summed E-state index contributed by atoms with van der Waals surface area (Å²) in [4.78, 5) is 12.9. The zero-order chi connectivity index (χ0) is 20.4. The third-order valence-electron chi connectivity index (χ3n) is 4.40. The first-order valence-electron chi connectivity index (χ1n) is 8.51. The minimum Gasteiger partial charge on any atom is -0.487 e. The van der Waals surface area contributed by atoms with Gasteiger partial charge in [-0.05, 0) is 43.2 Å². The molecule has 7 heteroatoms. The molecule has 0 spiro atoms. The lowest BCUT2D eigenvalue weighted by molar-refractivity contribution is 0.282. The van der Waals surface area contributed by atoms with Gasteiger partial charge >= 0.3 is 0 Å². The lowest BCUT2D eigenvalue weighted by Crippen LogP contribution is -2.22. The van der Waals surface area contributed by atoms with E-state index in [1.165, 1.54) is 10.6 Å². The molecule has 0 bridgehead atoms. The van der Waals surface area contributed by atoms with Crippen LogP contribution in [0.1, 0.15) is 22.4 Å². The van der Waals surface area contributed by atoms with Gasteiger partial charge in [-0.15, -0.1) is 0 Å². The van der Waals surface area contributed by atoms with Crippen LogP contribution in [-0.4, -0.2) is 9.67 Å². The smallest absolute Gasteiger partial charge is 0.277 e. The highest BCUT2D eigenvalue weighted by Crippen LogP contribution is 2.26. The fourth-order valence-corrected chi connectivity index (χ4v) is 3.07. The Labute approximate surface area is 165 Å². The van der Waals surface area contributed by atoms with Crippen LogP contribution in [0.3, 0.4) is 0 Å². The van der Waals surface area contributed by atoms with E-state index in [2.05, 4.69) is 0 Å². The van der Waals surface area contributed by atoms with Crippen LogP contribution in [0.15, 0.2) is 47.3 Å². The molecule has 0 radical (unpaired) electrons. The quantitative estimate of drug-likeness (QED) is 0.682. The number of ether oxygens (including phenoxy) is 1. The van der Waals surface area contributed by atoms with Crippen LogP contribution >= 0.6 is 11.6 Å². The van der Waals surface area contributed by atoms with Crippen molar-refractivity contribution in [1.29, 1.82) is 0 Å². The molecule has 0 atom stereocenters. The summed E-state index contributed by atoms with van der Waals surface area (Å²) in [5.41, 5.74) is 2.31. The van der Waals surface area contributed by atoms with Gasteiger partial charge in [-0.3, -0.25) is 9.36 Å². The number of hydrogen-bond donors (Lipinski definition) is 1. The van der Waals surface area contributed by atoms with Crippen molar-refractivity contribution in [3.63, 3.8) is 0 Å². The standard InChI is InChI=1S/C21H18ClF2NO3/c1-12-3-4-14(10-26)8-18(12)25-13(2)7-19(20(22)21(25)27)28-11-15-5-6-16(23)9-17(15)24/h3-9,26H,10-11H2,1-2H3. The van der Waals surface area contributed by atoms with E-state index in [9.17, 15) is 18.7 Å². The van der Waals surface area contributed by atoms with Gasteiger partial charge in [-0.25, -0.2) is 8.78 Å². The van der Waals surface area contributed by atoms with Crippen molar-refractivity contribution < 1.29 is 18.6 Å². The highest BCUT2D eigenvalue weighted by Gasteiger charge is 2.16. The van der Waals surface area contributed by atoms with Gasteiger partial charge in [0.2, 0.25) is 0 Å². The van der Waals surface area contributed by atoms with Crippen LogP contribution in [0.4, 0.5) is 8.78 Å². The molecule has 3 aromatic rings. The first kappa shape index (κ1) is 20.0. The van der Waals surface area contributed by atoms with Crippen molar-refractivity contribution in [2.24, 2.45) is 0 Å². The van der Waals surface area contributed by atoms with E-state index in [0.717, 1.165) is 17.7 Å². The molecule has 4 nitrogen and oxygen atoms in total. The van der Waals surface area contributed by atoms with Crippen molar-refractivity contribution in [3.8, 4) is 11.4 Å². The normalized spacial score (nSPS) is 10.9. The minimum atomic E-state index is -0.738. The predicted molar refractivity (Wildman–Crippen MR) is 103 cm³/mol. The third-order valence-corrected chi connectivity index (χ3v) is 4.74. The Morgan fingerprint density at radius 3 is 2.54 bits per heavy atom. The number of aromatic nitrogens is 1. The number of nitrogens with zero attached hydrogens (tertiary/aromatic N) is 1. The highest BCUT2D eigenvalue weighted by molar-refractivity contribution is 6.31. The van der Waals surface area contributed by atoms with Gasteiger partial charge in [-0.1, -0.05) is 23.7 Å². The molecule has 1 N–H and O–H groups in total. The zero-order valence-corrected chi connectivity index (χ0v) is 16.1. The fraction of sp³-hybridized carbons (Fsp3) is 0.190. The van der Waals surface area contributed by atoms with Gasteiger partial charge < -0.3 is 9.84 Å². The number of hydrogen-bond acceptors (Lipinski definition) is 3. The molecule has 1 heterocycles. The number of rotatable bonds is 5. The molecule has 3 rings (SSSR count). The number of benzene rings is 2. The maximum absolute atomic E-state index is 13.8. The Morgan fingerprint density at radius 1 is 1.11 bits per heavy atom. The average Bonchev–Trinajstić information content (AvgIpc) is 2.66. The molecule has 2 aromatic carbocycles. The first-order chi connectivity index (χ1) is 13.3. The Bertz CT molecular complexity index is 1100. The predicted octanol–water partition coefficient (Wildman–Crippen LogP) is 4.46. The largest absolute Gasteiger partial charge is 0.487 e. The molecule has 0 aliphatic heterocycles. The molecule has 0 aliphatic rings. The van der Waals surface area contributed by atoms with Gasteiger partial charge in [-0.2, -0.15) is 0 Å². The molecule has 28 heavy (non-hydrogen) atoms. The molecule has 146 valence electrons. The summed E-state index contributed by atoms with van der Waals surface area (Å²) in [5.74, 6) is -1.31. The Balaban J connectivity index is 1.98. The molecule has 0 aliphatic carbocycles. The Kier molecular flexibility index (Phi) is 5.82.